The van der Waals surface area contributed by atoms with Gasteiger partial charge in [-0.15, -0.1) is 0 Å². The molecule has 0 saturated carbocycles. The first-order chi connectivity index (χ1) is 9.06. The summed E-state index contributed by atoms with van der Waals surface area (Å²) >= 11 is 3.46. The molecule has 3 rings (SSSR count). The number of anilines is 1. The Morgan fingerprint density at radius 1 is 1.42 bits per heavy atom. The molecule has 1 aromatic heterocycles. The van der Waals surface area contributed by atoms with Gasteiger partial charge < -0.3 is 5.73 Å². The van der Waals surface area contributed by atoms with Gasteiger partial charge in [-0.05, 0) is 43.0 Å². The minimum absolute atomic E-state index is 0.0292. The van der Waals surface area contributed by atoms with Crippen molar-refractivity contribution in [2.75, 3.05) is 5.73 Å². The van der Waals surface area contributed by atoms with Gasteiger partial charge in [0.15, 0.2) is 0 Å². The molecule has 0 spiro atoms. The molecule has 1 aromatic carbocycles. The number of hydrogen-bond acceptors (Lipinski definition) is 3. The molecule has 0 radical (unpaired) electrons. The topological polar surface area (TPSA) is 60.9 Å². The number of nitrogens with zero attached hydrogens (tertiary/aromatic N) is 2. The minimum atomic E-state index is -0.0395. The van der Waals surface area contributed by atoms with Crippen LogP contribution in [-0.2, 0) is 12.8 Å². The molecule has 0 amide bonds. The molecule has 98 valence electrons. The summed E-state index contributed by atoms with van der Waals surface area (Å²) in [5.41, 5.74) is 9.52. The predicted molar refractivity (Wildman–Crippen MR) is 77.0 cm³/mol. The number of aromatic nitrogens is 2. The smallest absolute Gasteiger partial charge is 0.250 e. The fourth-order valence-corrected chi connectivity index (χ4v) is 2.99. The first-order valence-electron chi connectivity index (χ1n) is 6.18. The van der Waals surface area contributed by atoms with Gasteiger partial charge in [-0.25, -0.2) is 4.68 Å². The fraction of sp³-hybridized carbons (Fsp3) is 0.286. The van der Waals surface area contributed by atoms with E-state index in [4.69, 9.17) is 5.73 Å². The van der Waals surface area contributed by atoms with Crippen LogP contribution in [0.2, 0.25) is 0 Å². The third-order valence-corrected chi connectivity index (χ3v) is 4.20. The van der Waals surface area contributed by atoms with Gasteiger partial charge in [-0.3, -0.25) is 4.79 Å². The van der Waals surface area contributed by atoms with Crippen LogP contribution in [0.4, 0.5) is 5.69 Å². The van der Waals surface area contributed by atoms with E-state index in [2.05, 4.69) is 33.2 Å². The lowest BCUT2D eigenvalue weighted by atomic mass is 10.1. The summed E-state index contributed by atoms with van der Waals surface area (Å²) in [5.74, 6) is -0.0103. The van der Waals surface area contributed by atoms with Gasteiger partial charge in [0.1, 0.15) is 0 Å². The van der Waals surface area contributed by atoms with Crippen LogP contribution < -0.4 is 5.73 Å². The van der Waals surface area contributed by atoms with Crippen molar-refractivity contribution >= 4 is 27.5 Å². The van der Waals surface area contributed by atoms with Crippen LogP contribution in [0.1, 0.15) is 21.6 Å². The lowest BCUT2D eigenvalue weighted by Gasteiger charge is -2.09. The highest BCUT2D eigenvalue weighted by Crippen LogP contribution is 2.30. The van der Waals surface area contributed by atoms with Crippen LogP contribution >= 0.6 is 15.9 Å². The van der Waals surface area contributed by atoms with Crippen molar-refractivity contribution < 1.29 is 4.79 Å². The quantitative estimate of drug-likeness (QED) is 0.878. The molecule has 1 unspecified atom stereocenters. The molecule has 4 nitrogen and oxygen atoms in total. The molecule has 5 heteroatoms. The Morgan fingerprint density at radius 2 is 2.16 bits per heavy atom. The van der Waals surface area contributed by atoms with Crippen molar-refractivity contribution in [1.29, 1.82) is 0 Å². The highest BCUT2D eigenvalue weighted by molar-refractivity contribution is 9.10. The van der Waals surface area contributed by atoms with Gasteiger partial charge in [-0.1, -0.05) is 22.0 Å². The summed E-state index contributed by atoms with van der Waals surface area (Å²) in [4.78, 5) is 12.5. The minimum Gasteiger partial charge on any atom is -0.396 e. The molecule has 1 atom stereocenters. The second kappa shape index (κ2) is 4.49. The van der Waals surface area contributed by atoms with Gasteiger partial charge in [0.05, 0.1) is 17.6 Å². The van der Waals surface area contributed by atoms with Crippen LogP contribution in [0.5, 0.6) is 0 Å². The number of hydrogen-bond donors (Lipinski definition) is 1. The fourth-order valence-electron chi connectivity index (χ4n) is 2.58. The number of carbonyl (C=O) groups is 1. The number of carbonyl (C=O) groups excluding carboxylic acids is 1. The number of benzene rings is 1. The molecule has 19 heavy (non-hydrogen) atoms. The van der Waals surface area contributed by atoms with E-state index < -0.39 is 0 Å². The Balaban J connectivity index is 1.87. The largest absolute Gasteiger partial charge is 0.396 e. The number of nitrogens with two attached hydrogens (primary N) is 1. The van der Waals surface area contributed by atoms with Crippen molar-refractivity contribution in [3.05, 3.63) is 45.7 Å². The first-order valence-corrected chi connectivity index (χ1v) is 6.97. The van der Waals surface area contributed by atoms with Crippen molar-refractivity contribution in [3.63, 3.8) is 0 Å². The van der Waals surface area contributed by atoms with E-state index >= 15 is 0 Å². The number of fused-ring (bicyclic) bond motifs is 1. The van der Waals surface area contributed by atoms with Crippen LogP contribution in [0.25, 0.3) is 0 Å². The lowest BCUT2D eigenvalue weighted by molar-refractivity contribution is 0.0820. The van der Waals surface area contributed by atoms with Crippen LogP contribution in [0, 0.1) is 12.8 Å². The van der Waals surface area contributed by atoms with E-state index in [0.717, 1.165) is 23.0 Å². The summed E-state index contributed by atoms with van der Waals surface area (Å²) in [6, 6.07) is 6.19. The summed E-state index contributed by atoms with van der Waals surface area (Å²) in [7, 11) is 0. The van der Waals surface area contributed by atoms with E-state index in [0.29, 0.717) is 5.69 Å². The van der Waals surface area contributed by atoms with Gasteiger partial charge in [-0.2, -0.15) is 5.10 Å². The number of halogens is 1. The number of rotatable bonds is 1. The van der Waals surface area contributed by atoms with Crippen LogP contribution in [0.3, 0.4) is 0 Å². The Bertz CT molecular complexity index is 663. The zero-order valence-electron chi connectivity index (χ0n) is 10.6. The molecule has 1 aliphatic rings. The molecule has 2 aromatic rings. The monoisotopic (exact) mass is 319 g/mol. The van der Waals surface area contributed by atoms with Gasteiger partial charge in [0, 0.05) is 10.4 Å². The van der Waals surface area contributed by atoms with E-state index in [1.54, 1.807) is 0 Å². The van der Waals surface area contributed by atoms with Gasteiger partial charge >= 0.3 is 0 Å². The molecule has 0 saturated heterocycles. The maximum atomic E-state index is 12.5. The molecular formula is C14H14BrN3O. The second-order valence-corrected chi connectivity index (χ2v) is 5.87. The van der Waals surface area contributed by atoms with Crippen molar-refractivity contribution in [2.24, 2.45) is 5.92 Å². The average Bonchev–Trinajstić information content (AvgIpc) is 2.93. The summed E-state index contributed by atoms with van der Waals surface area (Å²) in [5, 5.41) is 4.07. The highest BCUT2D eigenvalue weighted by atomic mass is 79.9. The van der Waals surface area contributed by atoms with Crippen molar-refractivity contribution in [1.82, 2.24) is 9.78 Å². The predicted octanol–water partition coefficient (Wildman–Crippen LogP) is 2.59. The summed E-state index contributed by atoms with van der Waals surface area (Å²) in [6.07, 6.45) is 3.08. The standard InChI is InChI=1S/C14H14BrN3O/c1-8-13(16)7-17-18(8)14(19)11-4-9-2-3-12(15)6-10(9)5-11/h2-3,6-7,11H,4-5,16H2,1H3. The van der Waals surface area contributed by atoms with Crippen LogP contribution in [0.15, 0.2) is 28.9 Å². The van der Waals surface area contributed by atoms with Gasteiger partial charge in [0.25, 0.3) is 5.91 Å². The SMILES string of the molecule is Cc1c(N)cnn1C(=O)C1Cc2ccc(Br)cc2C1. The molecule has 0 aliphatic heterocycles. The zero-order valence-corrected chi connectivity index (χ0v) is 12.1. The molecular weight excluding hydrogens is 306 g/mol. The molecule has 1 heterocycles. The van der Waals surface area contributed by atoms with Crippen molar-refractivity contribution in [2.45, 2.75) is 19.8 Å². The third-order valence-electron chi connectivity index (χ3n) is 3.71. The van der Waals surface area contributed by atoms with Gasteiger partial charge in [0.2, 0.25) is 0 Å². The van der Waals surface area contributed by atoms with E-state index in [1.807, 2.05) is 13.0 Å². The van der Waals surface area contributed by atoms with E-state index in [-0.39, 0.29) is 11.8 Å². The maximum absolute atomic E-state index is 12.5. The Morgan fingerprint density at radius 3 is 2.84 bits per heavy atom. The second-order valence-electron chi connectivity index (χ2n) is 4.95. The molecule has 2 N–H and O–H groups in total. The molecule has 1 aliphatic carbocycles. The molecule has 0 bridgehead atoms. The number of nitrogen functional groups attached to an aromatic ring is 1. The normalized spacial score (nSPS) is 17.5. The Labute approximate surface area is 119 Å². The average molecular weight is 320 g/mol. The Hall–Kier alpha value is -1.62. The summed E-state index contributed by atoms with van der Waals surface area (Å²) in [6.45, 7) is 1.82. The first kappa shape index (κ1) is 12.4. The lowest BCUT2D eigenvalue weighted by Crippen LogP contribution is -2.24. The van der Waals surface area contributed by atoms with Crippen molar-refractivity contribution in [3.8, 4) is 0 Å². The molecule has 0 fully saturated rings. The van der Waals surface area contributed by atoms with E-state index in [1.165, 1.54) is 22.0 Å². The Kier molecular flexibility index (Phi) is 2.93. The maximum Gasteiger partial charge on any atom is 0.250 e. The zero-order chi connectivity index (χ0) is 13.6. The summed E-state index contributed by atoms with van der Waals surface area (Å²) < 4.78 is 2.49. The van der Waals surface area contributed by atoms with Crippen LogP contribution in [-0.4, -0.2) is 15.7 Å². The third kappa shape index (κ3) is 2.08. The highest BCUT2D eigenvalue weighted by Gasteiger charge is 2.29. The van der Waals surface area contributed by atoms with E-state index in [9.17, 15) is 4.79 Å².